The van der Waals surface area contributed by atoms with Crippen molar-refractivity contribution in [2.75, 3.05) is 13.2 Å². The smallest absolute Gasteiger partial charge is 0.410 e. The van der Waals surface area contributed by atoms with E-state index in [0.717, 1.165) is 38.6 Å². The molecule has 0 aromatic carbocycles. The van der Waals surface area contributed by atoms with Gasteiger partial charge in [-0.15, -0.1) is 0 Å². The summed E-state index contributed by atoms with van der Waals surface area (Å²) in [6, 6.07) is 0.162. The van der Waals surface area contributed by atoms with Gasteiger partial charge in [0.05, 0.1) is 0 Å². The number of hydrogen-bond donors (Lipinski definition) is 1. The van der Waals surface area contributed by atoms with Crippen LogP contribution in [0.25, 0.3) is 0 Å². The van der Waals surface area contributed by atoms with E-state index in [1.54, 1.807) is 4.90 Å². The first-order valence-electron chi connectivity index (χ1n) is 6.77. The highest BCUT2D eigenvalue weighted by Gasteiger charge is 2.28. The minimum atomic E-state index is -0.205. The molecule has 4 nitrogen and oxygen atoms in total. The van der Waals surface area contributed by atoms with Gasteiger partial charge in [-0.3, -0.25) is 0 Å². The number of aliphatic hydroxyl groups is 1. The lowest BCUT2D eigenvalue weighted by Crippen LogP contribution is -2.45. The molecular weight excluding hydrogens is 218 g/mol. The van der Waals surface area contributed by atoms with Gasteiger partial charge in [0, 0.05) is 19.2 Å². The van der Waals surface area contributed by atoms with Crippen LogP contribution in [0.2, 0.25) is 0 Å². The summed E-state index contributed by atoms with van der Waals surface area (Å²) in [6.07, 6.45) is 5.54. The maximum Gasteiger partial charge on any atom is 0.410 e. The van der Waals surface area contributed by atoms with Crippen molar-refractivity contribution in [2.24, 2.45) is 0 Å². The van der Waals surface area contributed by atoms with Gasteiger partial charge in [0.1, 0.15) is 6.10 Å². The van der Waals surface area contributed by atoms with Crippen molar-refractivity contribution in [3.63, 3.8) is 0 Å². The molecule has 0 aromatic heterocycles. The zero-order valence-electron chi connectivity index (χ0n) is 11.0. The third kappa shape index (κ3) is 4.54. The van der Waals surface area contributed by atoms with E-state index in [4.69, 9.17) is 9.84 Å². The quantitative estimate of drug-likeness (QED) is 0.807. The summed E-state index contributed by atoms with van der Waals surface area (Å²) in [5.41, 5.74) is 0. The van der Waals surface area contributed by atoms with Gasteiger partial charge >= 0.3 is 6.09 Å². The predicted octanol–water partition coefficient (Wildman–Crippen LogP) is 2.55. The minimum absolute atomic E-state index is 0.01000. The molecule has 0 aliphatic carbocycles. The largest absolute Gasteiger partial charge is 0.446 e. The first-order valence-corrected chi connectivity index (χ1v) is 6.77. The summed E-state index contributed by atoms with van der Waals surface area (Å²) < 4.78 is 5.41. The van der Waals surface area contributed by atoms with E-state index in [-0.39, 0.29) is 24.8 Å². The maximum atomic E-state index is 12.0. The first kappa shape index (κ1) is 14.3. The van der Waals surface area contributed by atoms with Crippen LogP contribution < -0.4 is 0 Å². The lowest BCUT2D eigenvalue weighted by Gasteiger charge is -2.35. The van der Waals surface area contributed by atoms with E-state index in [2.05, 4.69) is 6.92 Å². The fourth-order valence-corrected chi connectivity index (χ4v) is 2.40. The zero-order valence-corrected chi connectivity index (χ0v) is 11.0. The van der Waals surface area contributed by atoms with Crippen LogP contribution in [0.15, 0.2) is 0 Å². The van der Waals surface area contributed by atoms with Gasteiger partial charge in [0.15, 0.2) is 0 Å². The Hall–Kier alpha value is -0.770. The minimum Gasteiger partial charge on any atom is -0.446 e. The molecule has 1 aliphatic rings. The molecule has 0 bridgehead atoms. The van der Waals surface area contributed by atoms with Gasteiger partial charge in [0.25, 0.3) is 0 Å². The van der Waals surface area contributed by atoms with Crippen molar-refractivity contribution >= 4 is 6.09 Å². The molecule has 1 rings (SSSR count). The molecule has 1 saturated heterocycles. The summed E-state index contributed by atoms with van der Waals surface area (Å²) in [5, 5.41) is 9.01. The van der Waals surface area contributed by atoms with Gasteiger partial charge in [0.2, 0.25) is 0 Å². The highest BCUT2D eigenvalue weighted by molar-refractivity contribution is 5.68. The van der Waals surface area contributed by atoms with Crippen molar-refractivity contribution < 1.29 is 14.6 Å². The number of likely N-dealkylation sites (tertiary alicyclic amines) is 1. The second-order valence-electron chi connectivity index (χ2n) is 4.84. The van der Waals surface area contributed by atoms with Crippen LogP contribution in [0.4, 0.5) is 4.79 Å². The van der Waals surface area contributed by atoms with Gasteiger partial charge in [-0.05, 0) is 39.0 Å². The Balaban J connectivity index is 2.46. The Morgan fingerprint density at radius 3 is 2.94 bits per heavy atom. The highest BCUT2D eigenvalue weighted by atomic mass is 16.6. The van der Waals surface area contributed by atoms with E-state index in [1.807, 2.05) is 6.92 Å². The molecule has 4 heteroatoms. The normalized spacial score (nSPS) is 22.3. The van der Waals surface area contributed by atoms with E-state index in [9.17, 15) is 4.79 Å². The maximum absolute atomic E-state index is 12.0. The summed E-state index contributed by atoms with van der Waals surface area (Å²) in [4.78, 5) is 13.8. The number of piperidine rings is 1. The average molecular weight is 243 g/mol. The fraction of sp³-hybridized carbons (Fsp3) is 0.923. The van der Waals surface area contributed by atoms with Crippen molar-refractivity contribution in [1.82, 2.24) is 4.90 Å². The van der Waals surface area contributed by atoms with Crippen LogP contribution in [0.1, 0.15) is 52.4 Å². The van der Waals surface area contributed by atoms with Crippen molar-refractivity contribution in [2.45, 2.75) is 64.5 Å². The molecule has 0 saturated carbocycles. The number of rotatable bonds is 5. The number of ether oxygens (including phenoxy) is 1. The number of hydrogen-bond acceptors (Lipinski definition) is 3. The summed E-state index contributed by atoms with van der Waals surface area (Å²) >= 11 is 0. The molecule has 1 heterocycles. The first-order chi connectivity index (χ1) is 8.19. The molecule has 0 aromatic rings. The van der Waals surface area contributed by atoms with Gasteiger partial charge in [-0.25, -0.2) is 4.79 Å². The number of carbonyl (C=O) groups is 1. The summed E-state index contributed by atoms with van der Waals surface area (Å²) in [6.45, 7) is 4.92. The van der Waals surface area contributed by atoms with E-state index >= 15 is 0 Å². The topological polar surface area (TPSA) is 49.8 Å². The predicted molar refractivity (Wildman–Crippen MR) is 66.9 cm³/mol. The van der Waals surface area contributed by atoms with Crippen molar-refractivity contribution in [3.8, 4) is 0 Å². The fourth-order valence-electron chi connectivity index (χ4n) is 2.40. The molecule has 0 radical (unpaired) electrons. The molecule has 1 aliphatic heterocycles. The van der Waals surface area contributed by atoms with Gasteiger partial charge in [-0.2, -0.15) is 0 Å². The monoisotopic (exact) mass is 243 g/mol. The third-order valence-electron chi connectivity index (χ3n) is 3.32. The zero-order chi connectivity index (χ0) is 12.7. The standard InChI is InChI=1S/C13H25NO3/c1-3-6-11(2)17-13(16)14-9-5-4-7-12(14)8-10-15/h11-12,15H,3-10H2,1-2H3. The molecule has 1 amide bonds. The van der Waals surface area contributed by atoms with Gasteiger partial charge < -0.3 is 14.7 Å². The van der Waals surface area contributed by atoms with Crippen LogP contribution in [-0.4, -0.2) is 41.4 Å². The van der Waals surface area contributed by atoms with Crippen LogP contribution in [0.3, 0.4) is 0 Å². The lowest BCUT2D eigenvalue weighted by molar-refractivity contribution is 0.0398. The van der Waals surface area contributed by atoms with Crippen LogP contribution >= 0.6 is 0 Å². The van der Waals surface area contributed by atoms with E-state index in [0.29, 0.717) is 6.42 Å². The Morgan fingerprint density at radius 1 is 1.53 bits per heavy atom. The summed E-state index contributed by atoms with van der Waals surface area (Å²) in [5.74, 6) is 0. The molecule has 2 atom stereocenters. The molecule has 100 valence electrons. The number of aliphatic hydroxyl groups excluding tert-OH is 1. The average Bonchev–Trinajstić information content (AvgIpc) is 2.30. The SMILES string of the molecule is CCCC(C)OC(=O)N1CCCCC1CCO. The van der Waals surface area contributed by atoms with Crippen LogP contribution in [0, 0.1) is 0 Å². The van der Waals surface area contributed by atoms with E-state index in [1.165, 1.54) is 0 Å². The molecule has 2 unspecified atom stereocenters. The third-order valence-corrected chi connectivity index (χ3v) is 3.32. The van der Waals surface area contributed by atoms with E-state index < -0.39 is 0 Å². The molecular formula is C13H25NO3. The van der Waals surface area contributed by atoms with Gasteiger partial charge in [-0.1, -0.05) is 13.3 Å². The molecule has 1 fully saturated rings. The Labute approximate surface area is 104 Å². The Kier molecular flexibility index (Phi) is 6.34. The number of amides is 1. The number of nitrogens with zero attached hydrogens (tertiary/aromatic N) is 1. The molecule has 1 N–H and O–H groups in total. The molecule has 0 spiro atoms. The summed E-state index contributed by atoms with van der Waals surface area (Å²) in [7, 11) is 0. The Bertz CT molecular complexity index is 231. The van der Waals surface area contributed by atoms with Crippen LogP contribution in [-0.2, 0) is 4.74 Å². The van der Waals surface area contributed by atoms with Crippen molar-refractivity contribution in [3.05, 3.63) is 0 Å². The lowest BCUT2D eigenvalue weighted by atomic mass is 10.0. The second-order valence-corrected chi connectivity index (χ2v) is 4.84. The van der Waals surface area contributed by atoms with Crippen LogP contribution in [0.5, 0.6) is 0 Å². The highest BCUT2D eigenvalue weighted by Crippen LogP contribution is 2.21. The Morgan fingerprint density at radius 2 is 2.29 bits per heavy atom. The molecule has 17 heavy (non-hydrogen) atoms. The second kappa shape index (κ2) is 7.54. The number of carbonyl (C=O) groups excluding carboxylic acids is 1. The van der Waals surface area contributed by atoms with Crippen molar-refractivity contribution in [1.29, 1.82) is 0 Å².